The zero-order valence-corrected chi connectivity index (χ0v) is 27.3. The summed E-state index contributed by atoms with van der Waals surface area (Å²) in [6, 6.07) is 9.51. The molecule has 3 fully saturated rings. The van der Waals surface area contributed by atoms with Gasteiger partial charge in [-0.05, 0) is 82.3 Å². The van der Waals surface area contributed by atoms with Crippen LogP contribution in [0.25, 0.3) is 6.08 Å². The normalized spacial score (nSPS) is 39.5. The lowest BCUT2D eigenvalue weighted by molar-refractivity contribution is -0.314. The van der Waals surface area contributed by atoms with Crippen LogP contribution < -0.4 is 0 Å². The quantitative estimate of drug-likeness (QED) is 0.214. The fourth-order valence-electron chi connectivity index (χ4n) is 8.92. The summed E-state index contributed by atoms with van der Waals surface area (Å²) in [6.45, 7) is 10.7. The van der Waals surface area contributed by atoms with Gasteiger partial charge in [-0.2, -0.15) is 0 Å². The van der Waals surface area contributed by atoms with E-state index >= 15 is 0 Å². The fraction of sp³-hybridized carbons (Fsp3) is 0.595. The second-order valence-electron chi connectivity index (χ2n) is 14.6. The first-order valence-corrected chi connectivity index (χ1v) is 16.2. The number of aliphatic hydroxyl groups is 3. The van der Waals surface area contributed by atoms with Crippen molar-refractivity contribution in [2.45, 2.75) is 115 Å². The Morgan fingerprint density at radius 2 is 1.64 bits per heavy atom. The second-order valence-corrected chi connectivity index (χ2v) is 14.6. The minimum Gasteiger partial charge on any atom is -0.459 e. The largest absolute Gasteiger partial charge is 0.459 e. The van der Waals surface area contributed by atoms with Gasteiger partial charge in [0.15, 0.2) is 5.78 Å². The zero-order chi connectivity index (χ0) is 33.0. The lowest BCUT2D eigenvalue weighted by atomic mass is 9.42. The van der Waals surface area contributed by atoms with Crippen LogP contribution in [-0.2, 0) is 23.9 Å². The molecule has 8 atom stereocenters. The van der Waals surface area contributed by atoms with Crippen LogP contribution in [0.15, 0.2) is 59.7 Å². The Kier molecular flexibility index (Phi) is 8.60. The van der Waals surface area contributed by atoms with E-state index in [4.69, 9.17) is 9.47 Å². The van der Waals surface area contributed by atoms with E-state index in [1.807, 2.05) is 57.2 Å². The minimum absolute atomic E-state index is 0.0191. The van der Waals surface area contributed by atoms with Gasteiger partial charge in [-0.3, -0.25) is 4.79 Å². The third-order valence-electron chi connectivity index (χ3n) is 12.1. The summed E-state index contributed by atoms with van der Waals surface area (Å²) in [7, 11) is 0. The maximum absolute atomic E-state index is 13.3. The van der Waals surface area contributed by atoms with Crippen LogP contribution >= 0.6 is 0 Å². The highest BCUT2D eigenvalue weighted by Gasteiger charge is 2.81. The van der Waals surface area contributed by atoms with Gasteiger partial charge in [0, 0.05) is 24.5 Å². The van der Waals surface area contributed by atoms with Crippen molar-refractivity contribution in [1.29, 1.82) is 0 Å². The number of Topliss-reactive ketones (excluding diaryl/α,β-unsaturated/α-hetero) is 1. The molecule has 45 heavy (non-hydrogen) atoms. The Bertz CT molecular complexity index is 1440. The van der Waals surface area contributed by atoms with Gasteiger partial charge in [0.2, 0.25) is 0 Å². The van der Waals surface area contributed by atoms with Gasteiger partial charge in [0.25, 0.3) is 0 Å². The molecule has 3 N–H and O–H groups in total. The van der Waals surface area contributed by atoms with Crippen LogP contribution in [0.2, 0.25) is 0 Å². The number of ketones is 1. The monoisotopic (exact) mass is 620 g/mol. The molecule has 0 aromatic heterocycles. The average Bonchev–Trinajstić information content (AvgIpc) is 3.22. The summed E-state index contributed by atoms with van der Waals surface area (Å²) in [5, 5.41) is 37.1. The van der Waals surface area contributed by atoms with Gasteiger partial charge in [-0.1, -0.05) is 68.3 Å². The van der Waals surface area contributed by atoms with Crippen molar-refractivity contribution < 1.29 is 39.2 Å². The number of carbonyl (C=O) groups is 3. The third kappa shape index (κ3) is 5.13. The molecule has 0 heterocycles. The smallest absolute Gasteiger partial charge is 0.331 e. The van der Waals surface area contributed by atoms with Gasteiger partial charge in [0.05, 0.1) is 5.41 Å². The number of esters is 2. The van der Waals surface area contributed by atoms with E-state index in [2.05, 4.69) is 6.92 Å². The number of benzene rings is 1. The number of hydrogen-bond acceptors (Lipinski definition) is 8. The Hall–Kier alpha value is -3.07. The molecule has 1 unspecified atom stereocenters. The van der Waals surface area contributed by atoms with Crippen molar-refractivity contribution in [1.82, 2.24) is 0 Å². The number of hydrogen-bond donors (Lipinski definition) is 3. The molecule has 244 valence electrons. The standard InChI is InChI=1S/C37H48O8/c1-23(2)24(3)20-32(40)45-30-22-29-33(5)16-15-28(44-31(39)13-12-26-10-8-7-9-11-26)21-27(33)14-17-36(29,42)37(43)19-18-35(41,25(4)38)34(30,37)6/h7-14,20,23,28-30,41-43H,15-19,21-22H2,1-6H3/b13-12+,24-20+/t28-,29?,30+,33-,34+,35+,36-,37+/m0/s1. The van der Waals surface area contributed by atoms with E-state index < -0.39 is 57.4 Å². The number of fused-ring (bicyclic) bond motifs is 5. The van der Waals surface area contributed by atoms with Gasteiger partial charge >= 0.3 is 11.9 Å². The summed E-state index contributed by atoms with van der Waals surface area (Å²) < 4.78 is 11.9. The summed E-state index contributed by atoms with van der Waals surface area (Å²) in [5.74, 6) is -1.98. The third-order valence-corrected chi connectivity index (χ3v) is 12.1. The van der Waals surface area contributed by atoms with Gasteiger partial charge < -0.3 is 24.8 Å². The number of allylic oxidation sites excluding steroid dienone is 1. The van der Waals surface area contributed by atoms with Crippen LogP contribution in [-0.4, -0.2) is 62.1 Å². The van der Waals surface area contributed by atoms with Gasteiger partial charge in [0.1, 0.15) is 29.0 Å². The molecule has 0 saturated heterocycles. The van der Waals surface area contributed by atoms with Crippen LogP contribution in [0.3, 0.4) is 0 Å². The molecule has 0 radical (unpaired) electrons. The first-order chi connectivity index (χ1) is 21.0. The number of rotatable bonds is 7. The van der Waals surface area contributed by atoms with Crippen molar-refractivity contribution in [2.24, 2.45) is 22.7 Å². The molecular weight excluding hydrogens is 572 g/mol. The molecule has 0 bridgehead atoms. The van der Waals surface area contributed by atoms with Crippen LogP contribution in [0, 0.1) is 22.7 Å². The minimum atomic E-state index is -1.99. The molecule has 0 spiro atoms. The molecule has 0 amide bonds. The maximum Gasteiger partial charge on any atom is 0.331 e. The molecular formula is C37H48O8. The highest BCUT2D eigenvalue weighted by Crippen LogP contribution is 2.71. The topological polar surface area (TPSA) is 130 Å². The lowest BCUT2D eigenvalue weighted by Gasteiger charge is -2.67. The summed E-state index contributed by atoms with van der Waals surface area (Å²) in [4.78, 5) is 39.0. The predicted octanol–water partition coefficient (Wildman–Crippen LogP) is 5.25. The maximum atomic E-state index is 13.3. The highest BCUT2D eigenvalue weighted by atomic mass is 16.6. The van der Waals surface area contributed by atoms with E-state index in [1.54, 1.807) is 13.0 Å². The highest BCUT2D eigenvalue weighted by molar-refractivity contribution is 5.88. The zero-order valence-electron chi connectivity index (χ0n) is 27.3. The molecule has 4 aliphatic carbocycles. The van der Waals surface area contributed by atoms with E-state index in [9.17, 15) is 29.7 Å². The van der Waals surface area contributed by atoms with Crippen molar-refractivity contribution in [3.8, 4) is 0 Å². The van der Waals surface area contributed by atoms with E-state index in [-0.39, 0.29) is 37.7 Å². The first kappa shape index (κ1) is 33.3. The number of carbonyl (C=O) groups excluding carboxylic acids is 3. The Balaban J connectivity index is 1.45. The van der Waals surface area contributed by atoms with Crippen LogP contribution in [0.4, 0.5) is 0 Å². The fourth-order valence-corrected chi connectivity index (χ4v) is 8.92. The Morgan fingerprint density at radius 1 is 0.956 bits per heavy atom. The molecule has 0 aliphatic heterocycles. The van der Waals surface area contributed by atoms with Gasteiger partial charge in [-0.15, -0.1) is 0 Å². The van der Waals surface area contributed by atoms with E-state index in [1.165, 1.54) is 19.1 Å². The molecule has 3 saturated carbocycles. The lowest BCUT2D eigenvalue weighted by Crippen LogP contribution is -2.78. The Labute approximate surface area is 266 Å². The first-order valence-electron chi connectivity index (χ1n) is 16.2. The molecule has 1 aromatic carbocycles. The van der Waals surface area contributed by atoms with Crippen molar-refractivity contribution >= 4 is 23.8 Å². The molecule has 8 heteroatoms. The van der Waals surface area contributed by atoms with Crippen molar-refractivity contribution in [3.63, 3.8) is 0 Å². The number of ether oxygens (including phenoxy) is 2. The summed E-state index contributed by atoms with van der Waals surface area (Å²) in [6.07, 6.45) is 6.94. The van der Waals surface area contributed by atoms with Crippen molar-refractivity contribution in [3.05, 3.63) is 65.3 Å². The SMILES string of the molecule is CC(=O)[C@]1(O)CC[C@@]2(O)[C@]1(C)[C@H](OC(=O)/C=C(\C)C(C)C)CC1[C@@]3(C)CC[C@H](OC(=O)/C=C/c4ccccc4)CC3=CC[C@]12O. The predicted molar refractivity (Wildman–Crippen MR) is 169 cm³/mol. The van der Waals surface area contributed by atoms with Crippen LogP contribution in [0.5, 0.6) is 0 Å². The van der Waals surface area contributed by atoms with Crippen LogP contribution in [0.1, 0.15) is 92.1 Å². The molecule has 5 rings (SSSR count). The average molecular weight is 621 g/mol. The van der Waals surface area contributed by atoms with Crippen molar-refractivity contribution in [2.75, 3.05) is 0 Å². The Morgan fingerprint density at radius 3 is 2.29 bits per heavy atom. The molecule has 1 aromatic rings. The van der Waals surface area contributed by atoms with E-state index in [0.717, 1.165) is 16.7 Å². The molecule has 4 aliphatic rings. The van der Waals surface area contributed by atoms with E-state index in [0.29, 0.717) is 19.3 Å². The second kappa shape index (κ2) is 11.6. The molecule has 8 nitrogen and oxygen atoms in total. The van der Waals surface area contributed by atoms with Gasteiger partial charge in [-0.25, -0.2) is 9.59 Å². The summed E-state index contributed by atoms with van der Waals surface area (Å²) >= 11 is 0. The summed E-state index contributed by atoms with van der Waals surface area (Å²) in [5.41, 5.74) is -5.09.